The van der Waals surface area contributed by atoms with Crippen LogP contribution in [0, 0.1) is 6.92 Å². The van der Waals surface area contributed by atoms with Crippen LogP contribution in [0.15, 0.2) is 42.5 Å². The number of rotatable bonds is 3. The van der Waals surface area contributed by atoms with Crippen LogP contribution >= 0.6 is 0 Å². The predicted octanol–water partition coefficient (Wildman–Crippen LogP) is 4.10. The largest absolute Gasteiger partial charge is 0.356 e. The number of aryl methyl sites for hydroxylation is 1. The lowest BCUT2D eigenvalue weighted by Gasteiger charge is -2.16. The van der Waals surface area contributed by atoms with Crippen molar-refractivity contribution < 1.29 is 0 Å². The zero-order chi connectivity index (χ0) is 16.4. The van der Waals surface area contributed by atoms with E-state index in [1.807, 2.05) is 43.3 Å². The molecular formula is C20H20N4. The maximum absolute atomic E-state index is 4.69. The van der Waals surface area contributed by atoms with Crippen molar-refractivity contribution in [2.45, 2.75) is 19.8 Å². The second-order valence-electron chi connectivity index (χ2n) is 6.18. The van der Waals surface area contributed by atoms with Crippen molar-refractivity contribution in [3.05, 3.63) is 59.7 Å². The standard InChI is InChI=1S/C20H20N4/c1-15-14-20(24-12-4-5-13-24)23-19(21-15)11-10-17-9-8-16-6-2-3-7-18(16)22-17/h2-3,6-11,14H,4-5,12-13H2,1H3. The molecule has 0 bridgehead atoms. The van der Waals surface area contributed by atoms with E-state index in [0.29, 0.717) is 0 Å². The first-order valence-electron chi connectivity index (χ1n) is 8.42. The van der Waals surface area contributed by atoms with E-state index in [9.17, 15) is 0 Å². The van der Waals surface area contributed by atoms with E-state index in [-0.39, 0.29) is 0 Å². The van der Waals surface area contributed by atoms with Gasteiger partial charge < -0.3 is 4.90 Å². The van der Waals surface area contributed by atoms with Crippen molar-refractivity contribution in [2.75, 3.05) is 18.0 Å². The normalized spacial score (nSPS) is 14.8. The van der Waals surface area contributed by atoms with Crippen molar-refractivity contribution in [1.29, 1.82) is 0 Å². The Kier molecular flexibility index (Phi) is 3.95. The molecule has 0 N–H and O–H groups in total. The summed E-state index contributed by atoms with van der Waals surface area (Å²) in [5.74, 6) is 1.78. The Hall–Kier alpha value is -2.75. The molecule has 1 aliphatic rings. The fraction of sp³-hybridized carbons (Fsp3) is 0.250. The van der Waals surface area contributed by atoms with Gasteiger partial charge in [-0.15, -0.1) is 0 Å². The van der Waals surface area contributed by atoms with Crippen LogP contribution in [0.3, 0.4) is 0 Å². The maximum atomic E-state index is 4.69. The Labute approximate surface area is 141 Å². The Morgan fingerprint density at radius 1 is 0.917 bits per heavy atom. The lowest BCUT2D eigenvalue weighted by molar-refractivity contribution is 0.915. The van der Waals surface area contributed by atoms with Gasteiger partial charge in [-0.25, -0.2) is 15.0 Å². The minimum absolute atomic E-state index is 0.742. The number of fused-ring (bicyclic) bond motifs is 1. The van der Waals surface area contributed by atoms with Gasteiger partial charge >= 0.3 is 0 Å². The molecule has 0 radical (unpaired) electrons. The molecule has 0 aliphatic carbocycles. The third-order valence-electron chi connectivity index (χ3n) is 4.31. The fourth-order valence-corrected chi connectivity index (χ4v) is 3.09. The Balaban J connectivity index is 1.62. The summed E-state index contributed by atoms with van der Waals surface area (Å²) in [4.78, 5) is 16.2. The Morgan fingerprint density at radius 3 is 2.62 bits per heavy atom. The van der Waals surface area contributed by atoms with Gasteiger partial charge in [0.15, 0.2) is 5.82 Å². The summed E-state index contributed by atoms with van der Waals surface area (Å²) in [6.07, 6.45) is 6.42. The summed E-state index contributed by atoms with van der Waals surface area (Å²) in [7, 11) is 0. The number of para-hydroxylation sites is 1. The van der Waals surface area contributed by atoms with Crippen LogP contribution in [0.4, 0.5) is 5.82 Å². The summed E-state index contributed by atoms with van der Waals surface area (Å²) in [5, 5.41) is 1.15. The third-order valence-corrected chi connectivity index (χ3v) is 4.31. The van der Waals surface area contributed by atoms with Crippen molar-refractivity contribution in [1.82, 2.24) is 15.0 Å². The van der Waals surface area contributed by atoms with Crippen molar-refractivity contribution in [2.24, 2.45) is 0 Å². The molecular weight excluding hydrogens is 296 g/mol. The van der Waals surface area contributed by atoms with E-state index in [2.05, 4.69) is 33.1 Å². The van der Waals surface area contributed by atoms with Crippen LogP contribution in [0.25, 0.3) is 23.1 Å². The van der Waals surface area contributed by atoms with E-state index in [0.717, 1.165) is 47.0 Å². The highest BCUT2D eigenvalue weighted by Gasteiger charge is 2.14. The van der Waals surface area contributed by atoms with Gasteiger partial charge in [-0.3, -0.25) is 0 Å². The monoisotopic (exact) mass is 316 g/mol. The minimum Gasteiger partial charge on any atom is -0.356 e. The highest BCUT2D eigenvalue weighted by Crippen LogP contribution is 2.19. The molecule has 4 nitrogen and oxygen atoms in total. The predicted molar refractivity (Wildman–Crippen MR) is 98.9 cm³/mol. The fourth-order valence-electron chi connectivity index (χ4n) is 3.09. The first-order chi connectivity index (χ1) is 11.8. The molecule has 4 rings (SSSR count). The second kappa shape index (κ2) is 6.40. The van der Waals surface area contributed by atoms with Crippen LogP contribution in [0.2, 0.25) is 0 Å². The number of nitrogens with zero attached hydrogens (tertiary/aromatic N) is 4. The molecule has 1 saturated heterocycles. The zero-order valence-electron chi connectivity index (χ0n) is 13.8. The van der Waals surface area contributed by atoms with Gasteiger partial charge in [-0.2, -0.15) is 0 Å². The highest BCUT2D eigenvalue weighted by atomic mass is 15.2. The molecule has 0 spiro atoms. The molecule has 3 heterocycles. The van der Waals surface area contributed by atoms with Crippen molar-refractivity contribution in [3.8, 4) is 0 Å². The number of hydrogen-bond acceptors (Lipinski definition) is 4. The number of aromatic nitrogens is 3. The van der Waals surface area contributed by atoms with Crippen LogP contribution in [-0.4, -0.2) is 28.0 Å². The molecule has 24 heavy (non-hydrogen) atoms. The quantitative estimate of drug-likeness (QED) is 0.729. The maximum Gasteiger partial charge on any atom is 0.154 e. The molecule has 3 aromatic rings. The van der Waals surface area contributed by atoms with Crippen molar-refractivity contribution >= 4 is 28.9 Å². The van der Waals surface area contributed by atoms with Gasteiger partial charge in [0.25, 0.3) is 0 Å². The minimum atomic E-state index is 0.742. The first-order valence-corrected chi connectivity index (χ1v) is 8.42. The summed E-state index contributed by atoms with van der Waals surface area (Å²) >= 11 is 0. The lowest BCUT2D eigenvalue weighted by Crippen LogP contribution is -2.19. The molecule has 0 saturated carbocycles. The van der Waals surface area contributed by atoms with Gasteiger partial charge in [0.2, 0.25) is 0 Å². The van der Waals surface area contributed by atoms with Crippen LogP contribution in [0.5, 0.6) is 0 Å². The zero-order valence-corrected chi connectivity index (χ0v) is 13.8. The molecule has 120 valence electrons. The summed E-state index contributed by atoms with van der Waals surface area (Å²) < 4.78 is 0. The highest BCUT2D eigenvalue weighted by molar-refractivity contribution is 5.80. The summed E-state index contributed by atoms with van der Waals surface area (Å²) in [6.45, 7) is 4.20. The molecule has 0 atom stereocenters. The number of pyridine rings is 1. The molecule has 4 heteroatoms. The average Bonchev–Trinajstić information content (AvgIpc) is 3.14. The van der Waals surface area contributed by atoms with Gasteiger partial charge in [0.1, 0.15) is 5.82 Å². The Morgan fingerprint density at radius 2 is 1.75 bits per heavy atom. The second-order valence-corrected chi connectivity index (χ2v) is 6.18. The van der Waals surface area contributed by atoms with Gasteiger partial charge in [-0.1, -0.05) is 24.3 Å². The van der Waals surface area contributed by atoms with Gasteiger partial charge in [0, 0.05) is 30.2 Å². The summed E-state index contributed by atoms with van der Waals surface area (Å²) in [6, 6.07) is 14.3. The molecule has 0 amide bonds. The van der Waals surface area contributed by atoms with Gasteiger partial charge in [0.05, 0.1) is 11.2 Å². The number of anilines is 1. The number of benzene rings is 1. The van der Waals surface area contributed by atoms with E-state index in [1.165, 1.54) is 12.8 Å². The van der Waals surface area contributed by atoms with E-state index in [4.69, 9.17) is 4.98 Å². The first kappa shape index (κ1) is 14.8. The average molecular weight is 316 g/mol. The third kappa shape index (κ3) is 3.13. The molecule has 1 aromatic carbocycles. The topological polar surface area (TPSA) is 41.9 Å². The summed E-state index contributed by atoms with van der Waals surface area (Å²) in [5.41, 5.74) is 2.92. The molecule has 0 unspecified atom stereocenters. The van der Waals surface area contributed by atoms with Crippen LogP contribution < -0.4 is 4.90 Å². The molecule has 1 aliphatic heterocycles. The molecule has 2 aromatic heterocycles. The van der Waals surface area contributed by atoms with Crippen LogP contribution in [0.1, 0.15) is 30.1 Å². The lowest BCUT2D eigenvalue weighted by atomic mass is 10.2. The van der Waals surface area contributed by atoms with E-state index < -0.39 is 0 Å². The van der Waals surface area contributed by atoms with E-state index in [1.54, 1.807) is 0 Å². The Bertz CT molecular complexity index is 895. The van der Waals surface area contributed by atoms with Gasteiger partial charge in [-0.05, 0) is 44.1 Å². The van der Waals surface area contributed by atoms with E-state index >= 15 is 0 Å². The van der Waals surface area contributed by atoms with Crippen molar-refractivity contribution in [3.63, 3.8) is 0 Å². The number of hydrogen-bond donors (Lipinski definition) is 0. The van der Waals surface area contributed by atoms with Crippen LogP contribution in [-0.2, 0) is 0 Å². The molecule has 1 fully saturated rings. The SMILES string of the molecule is Cc1cc(N2CCCC2)nc(C=Cc2ccc3ccccc3n2)n1. The smallest absolute Gasteiger partial charge is 0.154 e.